The zero-order valence-electron chi connectivity index (χ0n) is 15.2. The van der Waals surface area contributed by atoms with Gasteiger partial charge in [-0.15, -0.1) is 0 Å². The molecule has 1 aliphatic carbocycles. The molecule has 3 rings (SSSR count). The third kappa shape index (κ3) is 3.70. The number of hydrogen-bond donors (Lipinski definition) is 2. The van der Waals surface area contributed by atoms with Gasteiger partial charge in [0.1, 0.15) is 6.61 Å². The molecular formula is C20H27NO5. The molecule has 1 amide bonds. The Morgan fingerprint density at radius 2 is 1.96 bits per heavy atom. The number of amides is 1. The van der Waals surface area contributed by atoms with Gasteiger partial charge >= 0.3 is 12.1 Å². The predicted octanol–water partition coefficient (Wildman–Crippen LogP) is 3.35. The molecule has 6 nitrogen and oxygen atoms in total. The largest absolute Gasteiger partial charge is 0.481 e. The summed E-state index contributed by atoms with van der Waals surface area (Å²) in [5.74, 6) is -0.836. The molecule has 1 aromatic rings. The third-order valence-electron chi connectivity index (χ3n) is 6.11. The van der Waals surface area contributed by atoms with Crippen molar-refractivity contribution in [2.45, 2.75) is 51.7 Å². The monoisotopic (exact) mass is 361 g/mol. The molecule has 0 aromatic heterocycles. The molecule has 1 saturated heterocycles. The summed E-state index contributed by atoms with van der Waals surface area (Å²) in [6.45, 7) is 3.37. The normalized spacial score (nSPS) is 27.2. The third-order valence-corrected chi connectivity index (χ3v) is 6.11. The van der Waals surface area contributed by atoms with Crippen molar-refractivity contribution in [3.05, 3.63) is 35.9 Å². The summed E-state index contributed by atoms with van der Waals surface area (Å²) < 4.78 is 10.8. The van der Waals surface area contributed by atoms with Crippen LogP contribution in [0.1, 0.15) is 44.6 Å². The molecule has 1 aromatic carbocycles. The van der Waals surface area contributed by atoms with Crippen LogP contribution in [0.5, 0.6) is 0 Å². The molecule has 6 heteroatoms. The Labute approximate surface area is 153 Å². The number of carbonyl (C=O) groups excluding carboxylic acids is 1. The highest BCUT2D eigenvalue weighted by Crippen LogP contribution is 2.56. The minimum absolute atomic E-state index is 0.0654. The lowest BCUT2D eigenvalue weighted by molar-refractivity contribution is -0.150. The first kappa shape index (κ1) is 18.7. The molecule has 26 heavy (non-hydrogen) atoms. The molecule has 0 radical (unpaired) electrons. The van der Waals surface area contributed by atoms with E-state index in [1.54, 1.807) is 0 Å². The highest BCUT2D eigenvalue weighted by molar-refractivity contribution is 5.78. The number of hydrogen-bond acceptors (Lipinski definition) is 4. The molecule has 1 saturated carbocycles. The van der Waals surface area contributed by atoms with Gasteiger partial charge < -0.3 is 19.9 Å². The van der Waals surface area contributed by atoms with E-state index >= 15 is 0 Å². The van der Waals surface area contributed by atoms with Gasteiger partial charge in [-0.1, -0.05) is 37.3 Å². The van der Waals surface area contributed by atoms with Crippen molar-refractivity contribution in [3.8, 4) is 0 Å². The number of carboxylic acid groups (broad SMARTS) is 1. The standard InChI is InChI=1S/C20H27NO5/c1-2-20(17(22)23)14-19(8-10-25-11-9-19)12-16(20)21-18(24)26-13-15-6-4-3-5-7-15/h3-7,16H,2,8-14H2,1H3,(H,21,24)(H,22,23). The Hall–Kier alpha value is -2.08. The zero-order chi connectivity index (χ0) is 18.6. The lowest BCUT2D eigenvalue weighted by atomic mass is 9.73. The minimum atomic E-state index is -0.941. The van der Waals surface area contributed by atoms with Crippen LogP contribution in [0.3, 0.4) is 0 Å². The Morgan fingerprint density at radius 3 is 2.58 bits per heavy atom. The summed E-state index contributed by atoms with van der Waals surface area (Å²) in [7, 11) is 0. The van der Waals surface area contributed by atoms with Crippen molar-refractivity contribution >= 4 is 12.1 Å². The predicted molar refractivity (Wildman–Crippen MR) is 95.6 cm³/mol. The van der Waals surface area contributed by atoms with Gasteiger partial charge in [-0.05, 0) is 43.1 Å². The molecular weight excluding hydrogens is 334 g/mol. The van der Waals surface area contributed by atoms with Gasteiger partial charge in [0.05, 0.1) is 5.41 Å². The molecule has 2 atom stereocenters. The number of nitrogens with one attached hydrogen (secondary N) is 1. The molecule has 1 aliphatic heterocycles. The van der Waals surface area contributed by atoms with Gasteiger partial charge in [-0.3, -0.25) is 4.79 Å². The molecule has 2 unspecified atom stereocenters. The van der Waals surface area contributed by atoms with E-state index in [1.165, 1.54) is 0 Å². The number of rotatable bonds is 5. The molecule has 2 fully saturated rings. The van der Waals surface area contributed by atoms with E-state index < -0.39 is 23.5 Å². The van der Waals surface area contributed by atoms with Crippen molar-refractivity contribution in [3.63, 3.8) is 0 Å². The first-order valence-corrected chi connectivity index (χ1v) is 9.28. The fourth-order valence-electron chi connectivity index (χ4n) is 4.52. The van der Waals surface area contributed by atoms with Crippen LogP contribution in [0.4, 0.5) is 4.79 Å². The molecule has 2 aliphatic rings. The van der Waals surface area contributed by atoms with Crippen LogP contribution in [-0.4, -0.2) is 36.4 Å². The van der Waals surface area contributed by atoms with E-state index in [2.05, 4.69) is 5.32 Å². The van der Waals surface area contributed by atoms with Crippen LogP contribution in [0, 0.1) is 10.8 Å². The van der Waals surface area contributed by atoms with Gasteiger partial charge in [0.2, 0.25) is 0 Å². The van der Waals surface area contributed by atoms with Crippen LogP contribution in [-0.2, 0) is 20.9 Å². The topological polar surface area (TPSA) is 84.9 Å². The zero-order valence-corrected chi connectivity index (χ0v) is 15.2. The summed E-state index contributed by atoms with van der Waals surface area (Å²) in [6, 6.07) is 9.01. The number of aliphatic carboxylic acids is 1. The van der Waals surface area contributed by atoms with Crippen molar-refractivity contribution in [1.82, 2.24) is 5.32 Å². The van der Waals surface area contributed by atoms with E-state index in [1.807, 2.05) is 37.3 Å². The minimum Gasteiger partial charge on any atom is -0.481 e. The van der Waals surface area contributed by atoms with E-state index in [-0.39, 0.29) is 12.0 Å². The van der Waals surface area contributed by atoms with Crippen LogP contribution < -0.4 is 5.32 Å². The van der Waals surface area contributed by atoms with E-state index in [9.17, 15) is 14.7 Å². The van der Waals surface area contributed by atoms with Gasteiger partial charge in [0.25, 0.3) is 0 Å². The number of ether oxygens (including phenoxy) is 2. The average Bonchev–Trinajstić information content (AvgIpc) is 2.95. The second-order valence-electron chi connectivity index (χ2n) is 7.57. The fraction of sp³-hybridized carbons (Fsp3) is 0.600. The Kier molecular flexibility index (Phi) is 5.51. The molecule has 1 heterocycles. The maximum Gasteiger partial charge on any atom is 0.407 e. The summed E-state index contributed by atoms with van der Waals surface area (Å²) in [4.78, 5) is 24.4. The first-order chi connectivity index (χ1) is 12.5. The van der Waals surface area contributed by atoms with Crippen molar-refractivity contribution in [2.75, 3.05) is 13.2 Å². The Bertz CT molecular complexity index is 641. The lowest BCUT2D eigenvalue weighted by Gasteiger charge is -2.34. The first-order valence-electron chi connectivity index (χ1n) is 9.28. The Morgan fingerprint density at radius 1 is 1.27 bits per heavy atom. The summed E-state index contributed by atoms with van der Waals surface area (Å²) in [5.41, 5.74) is -0.109. The molecule has 0 bridgehead atoms. The van der Waals surface area contributed by atoms with Crippen LogP contribution in [0.25, 0.3) is 0 Å². The van der Waals surface area contributed by atoms with E-state index in [4.69, 9.17) is 9.47 Å². The smallest absolute Gasteiger partial charge is 0.407 e. The Balaban J connectivity index is 1.69. The average molecular weight is 361 g/mol. The summed E-state index contributed by atoms with van der Waals surface area (Å²) in [6.07, 6.45) is 2.87. The SMILES string of the molecule is CCC1(C(=O)O)CC2(CCOCC2)CC1NC(=O)OCc1ccccc1. The van der Waals surface area contributed by atoms with Gasteiger partial charge in [0.15, 0.2) is 0 Å². The van der Waals surface area contributed by atoms with E-state index in [0.29, 0.717) is 32.5 Å². The number of carboxylic acids is 1. The van der Waals surface area contributed by atoms with Crippen molar-refractivity contribution in [1.29, 1.82) is 0 Å². The van der Waals surface area contributed by atoms with E-state index in [0.717, 1.165) is 18.4 Å². The second-order valence-corrected chi connectivity index (χ2v) is 7.57. The number of benzene rings is 1. The summed E-state index contributed by atoms with van der Waals surface area (Å²) >= 11 is 0. The van der Waals surface area contributed by atoms with Crippen molar-refractivity contribution in [2.24, 2.45) is 10.8 Å². The molecule has 2 N–H and O–H groups in total. The highest BCUT2D eigenvalue weighted by atomic mass is 16.5. The number of carbonyl (C=O) groups is 2. The summed E-state index contributed by atoms with van der Waals surface area (Å²) in [5, 5.41) is 12.8. The fourth-order valence-corrected chi connectivity index (χ4v) is 4.52. The van der Waals surface area contributed by atoms with Crippen molar-refractivity contribution < 1.29 is 24.2 Å². The highest BCUT2D eigenvalue weighted by Gasteiger charge is 2.58. The lowest BCUT2D eigenvalue weighted by Crippen LogP contribution is -2.48. The molecule has 142 valence electrons. The van der Waals surface area contributed by atoms with Gasteiger partial charge in [0, 0.05) is 19.3 Å². The quantitative estimate of drug-likeness (QED) is 0.840. The van der Waals surface area contributed by atoms with Gasteiger partial charge in [-0.2, -0.15) is 0 Å². The van der Waals surface area contributed by atoms with Gasteiger partial charge in [-0.25, -0.2) is 4.79 Å². The number of alkyl carbamates (subject to hydrolysis) is 1. The second kappa shape index (κ2) is 7.66. The van der Waals surface area contributed by atoms with Crippen LogP contribution in [0.2, 0.25) is 0 Å². The van der Waals surface area contributed by atoms with Crippen LogP contribution in [0.15, 0.2) is 30.3 Å². The maximum atomic E-state index is 12.3. The van der Waals surface area contributed by atoms with Crippen LogP contribution >= 0.6 is 0 Å². The maximum absolute atomic E-state index is 12.3. The molecule has 1 spiro atoms.